The summed E-state index contributed by atoms with van der Waals surface area (Å²) in [5.74, 6) is 3.39. The summed E-state index contributed by atoms with van der Waals surface area (Å²) in [5, 5.41) is 24.3. The van der Waals surface area contributed by atoms with Gasteiger partial charge in [0.25, 0.3) is 0 Å². The van der Waals surface area contributed by atoms with Crippen molar-refractivity contribution in [3.8, 4) is 39.1 Å². The minimum atomic E-state index is -2.48. The summed E-state index contributed by atoms with van der Waals surface area (Å²) in [5.41, 5.74) is 8.06. The van der Waals surface area contributed by atoms with Crippen LogP contribution in [0.5, 0.6) is 5.75 Å². The first-order valence-corrected chi connectivity index (χ1v) is 48.6. The smallest absolute Gasteiger partial charge is 0.305 e. The molecule has 3 N–H and O–H groups in total. The van der Waals surface area contributed by atoms with Crippen LogP contribution in [0.15, 0.2) is 84.9 Å². The zero-order valence-electron chi connectivity index (χ0n) is 75.4. The van der Waals surface area contributed by atoms with Crippen LogP contribution in [0.1, 0.15) is 31.2 Å². The molecule has 0 spiro atoms. The molecule has 1 amide bonds. The number of carbonyl (C=O) groups excluding carboxylic acids is 1. The van der Waals surface area contributed by atoms with Gasteiger partial charge in [-0.3, -0.25) is 9.59 Å². The standard InChI is InChI=1S/C89H145NO35S2Si/c1-95-23-24-100-31-32-104-37-38-105-39-40-106-41-42-107-43-44-108-45-46-109-47-48-110-49-50-112-53-54-114-57-61-126-59-3-63-128(64-4-60-127-62-58-115-69-117-71-119-73-121-75-123-77-124-76-122-74-120-72-118-70-116-68-96-2)86-65-81(79-7-5-78(67-91)6-8-79)11-15-84(86)85-16-12-82(66-87(85)128)80-9-13-83(14-10-80)125-56-55-113-52-51-111-36-34-101-28-25-97-20-17-88(92)90-19-22-99-27-30-103-35-33-102-29-26-98-21-18-89(93)94/h5-16,65-66,91H,3-4,17-64,67-77H2,1-2H3,(H,90,92)(H,93,94). The van der Waals surface area contributed by atoms with Crippen LogP contribution in [0.3, 0.4) is 0 Å². The van der Waals surface area contributed by atoms with Gasteiger partial charge in [-0.1, -0.05) is 72.8 Å². The van der Waals surface area contributed by atoms with Gasteiger partial charge in [0, 0.05) is 38.7 Å². The predicted octanol–water partition coefficient (Wildman–Crippen LogP) is 7.00. The number of benzene rings is 4. The first kappa shape index (κ1) is 114. The number of carbonyl (C=O) groups is 2. The van der Waals surface area contributed by atoms with Crippen LogP contribution in [-0.2, 0) is 158 Å². The van der Waals surface area contributed by atoms with Crippen molar-refractivity contribution in [3.63, 3.8) is 0 Å². The summed E-state index contributed by atoms with van der Waals surface area (Å²) in [6.45, 7) is 17.8. The minimum absolute atomic E-state index is 0.000885. The van der Waals surface area contributed by atoms with Crippen LogP contribution in [0, 0.1) is 0 Å². The first-order valence-electron chi connectivity index (χ1n) is 43.9. The Morgan fingerprint density at radius 2 is 0.594 bits per heavy atom. The molecular formula is C89H145NO35S2Si. The largest absolute Gasteiger partial charge is 0.491 e. The van der Waals surface area contributed by atoms with Crippen molar-refractivity contribution in [3.05, 3.63) is 90.5 Å². The molecule has 0 fully saturated rings. The third-order valence-corrected chi connectivity index (χ3v) is 25.6. The van der Waals surface area contributed by atoms with Crippen LogP contribution >= 0.6 is 23.5 Å². The van der Waals surface area contributed by atoms with Gasteiger partial charge in [0.2, 0.25) is 5.91 Å². The summed E-state index contributed by atoms with van der Waals surface area (Å²) in [7, 11) is 0.685. The molecule has 1 unspecified atom stereocenters. The molecule has 0 aromatic heterocycles. The fourth-order valence-electron chi connectivity index (χ4n) is 12.1. The molecule has 0 bridgehead atoms. The maximum atomic E-state index is 12.2. The van der Waals surface area contributed by atoms with Gasteiger partial charge in [-0.05, 0) is 97.9 Å². The van der Waals surface area contributed by atoms with Crippen molar-refractivity contribution in [2.45, 2.75) is 44.4 Å². The second-order valence-electron chi connectivity index (χ2n) is 27.7. The molecule has 1 aliphatic heterocycles. The number of aliphatic hydroxyl groups excluding tert-OH is 1. The lowest BCUT2D eigenvalue weighted by Crippen LogP contribution is -2.55. The SMILES string of the molecule is COCCOCCOCCOCCOCCOCCOCCOCCOCCOCCOCCSCCC[Si]1(CCCSCCOCOCOCOCOCOCOCOCOCOCOC)c2cc(-c3ccc(CO)cc3)ccc2-c2ccc(-c3ccc(OCCOCCOCCOCCOCCC(=O)NCCOCCOCCOCCOCCC(=O)O)cc3)cc21. The number of amides is 1. The fourth-order valence-corrected chi connectivity index (χ4v) is 19.7. The highest BCUT2D eigenvalue weighted by Crippen LogP contribution is 2.39. The van der Waals surface area contributed by atoms with Crippen molar-refractivity contribution >= 4 is 53.8 Å². The van der Waals surface area contributed by atoms with Crippen molar-refractivity contribution in [1.29, 1.82) is 0 Å². The highest BCUT2D eigenvalue weighted by atomic mass is 32.2. The van der Waals surface area contributed by atoms with E-state index in [1.807, 2.05) is 47.8 Å². The lowest BCUT2D eigenvalue weighted by atomic mass is 9.98. The van der Waals surface area contributed by atoms with E-state index in [1.54, 1.807) is 7.11 Å². The minimum Gasteiger partial charge on any atom is -0.491 e. The fraction of sp³-hybridized carbons (Fsp3) is 0.708. The lowest BCUT2D eigenvalue weighted by Gasteiger charge is -2.31. The molecule has 1 heterocycles. The van der Waals surface area contributed by atoms with Crippen molar-refractivity contribution in [2.75, 3.05) is 369 Å². The predicted molar refractivity (Wildman–Crippen MR) is 481 cm³/mol. The number of methoxy groups -OCH3 is 2. The van der Waals surface area contributed by atoms with E-state index in [0.29, 0.717) is 251 Å². The van der Waals surface area contributed by atoms with Crippen LogP contribution in [0.2, 0.25) is 12.1 Å². The highest BCUT2D eigenvalue weighted by molar-refractivity contribution is 7.99. The van der Waals surface area contributed by atoms with Gasteiger partial charge >= 0.3 is 5.97 Å². The number of hydrogen-bond acceptors (Lipinski definition) is 36. The first-order chi connectivity index (χ1) is 63.4. The molecular weight excluding hydrogens is 1740 g/mol. The van der Waals surface area contributed by atoms with Crippen LogP contribution in [0.4, 0.5) is 0 Å². The Kier molecular flexibility index (Phi) is 74.7. The van der Waals surface area contributed by atoms with Crippen molar-refractivity contribution < 1.29 is 167 Å². The molecule has 1 aliphatic rings. The molecule has 0 saturated carbocycles. The van der Waals surface area contributed by atoms with Gasteiger partial charge < -0.3 is 162 Å². The topological polar surface area (TPSA) is 373 Å². The molecule has 128 heavy (non-hydrogen) atoms. The van der Waals surface area contributed by atoms with E-state index in [2.05, 4.69) is 66.0 Å². The van der Waals surface area contributed by atoms with E-state index in [-0.39, 0.29) is 106 Å². The Morgan fingerprint density at radius 3 is 0.945 bits per heavy atom. The monoisotopic (exact) mass is 1880 g/mol. The number of thioether (sulfide) groups is 2. The number of nitrogens with one attached hydrogen (secondary N) is 1. The number of hydrogen-bond donors (Lipinski definition) is 3. The molecule has 1 atom stereocenters. The Labute approximate surface area is 765 Å². The summed E-state index contributed by atoms with van der Waals surface area (Å²) >= 11 is 3.82. The van der Waals surface area contributed by atoms with Crippen LogP contribution in [0.25, 0.3) is 33.4 Å². The van der Waals surface area contributed by atoms with E-state index >= 15 is 0 Å². The van der Waals surface area contributed by atoms with E-state index < -0.39 is 14.0 Å². The summed E-state index contributed by atoms with van der Waals surface area (Å²) < 4.78 is 169. The van der Waals surface area contributed by atoms with Crippen molar-refractivity contribution in [1.82, 2.24) is 5.32 Å². The summed E-state index contributed by atoms with van der Waals surface area (Å²) in [6, 6.07) is 32.9. The molecule has 0 aliphatic carbocycles. The number of carboxylic acids is 1. The molecule has 4 aromatic rings. The summed E-state index contributed by atoms with van der Waals surface area (Å²) in [6.07, 6.45) is 2.28. The normalized spacial score (nSPS) is 13.0. The van der Waals surface area contributed by atoms with Crippen LogP contribution < -0.4 is 20.4 Å². The van der Waals surface area contributed by atoms with Crippen molar-refractivity contribution in [2.24, 2.45) is 0 Å². The average Bonchev–Trinajstić information content (AvgIpc) is 1.56. The Bertz CT molecular complexity index is 3190. The Morgan fingerprint density at radius 1 is 0.297 bits per heavy atom. The number of aliphatic carboxylic acids is 1. The molecule has 732 valence electrons. The lowest BCUT2D eigenvalue weighted by molar-refractivity contribution is -0.231. The van der Waals surface area contributed by atoms with E-state index in [1.165, 1.54) is 34.2 Å². The number of ether oxygens (including phenoxy) is 31. The van der Waals surface area contributed by atoms with Gasteiger partial charge in [-0.2, -0.15) is 23.5 Å². The van der Waals surface area contributed by atoms with E-state index in [9.17, 15) is 14.7 Å². The van der Waals surface area contributed by atoms with Gasteiger partial charge in [0.05, 0.1) is 264 Å². The zero-order chi connectivity index (χ0) is 90.5. The second kappa shape index (κ2) is 84.1. The van der Waals surface area contributed by atoms with E-state index in [0.717, 1.165) is 75.9 Å². The Hall–Kier alpha value is -4.70. The van der Waals surface area contributed by atoms with Gasteiger partial charge in [0.15, 0.2) is 54.3 Å². The quantitative estimate of drug-likeness (QED) is 0.0227. The number of rotatable bonds is 98. The molecule has 5 rings (SSSR count). The summed E-state index contributed by atoms with van der Waals surface area (Å²) in [4.78, 5) is 22.6. The molecule has 0 radical (unpaired) electrons. The molecule has 4 aromatic carbocycles. The molecule has 39 heteroatoms. The molecule has 0 saturated heterocycles. The number of aliphatic hydroxyl groups is 1. The maximum absolute atomic E-state index is 12.2. The third-order valence-electron chi connectivity index (χ3n) is 18.3. The number of carboxylic acid groups (broad SMARTS) is 1. The third kappa shape index (κ3) is 59.8. The highest BCUT2D eigenvalue weighted by Gasteiger charge is 2.45. The van der Waals surface area contributed by atoms with Crippen LogP contribution in [-0.4, -0.2) is 400 Å². The van der Waals surface area contributed by atoms with Gasteiger partial charge in [-0.15, -0.1) is 0 Å². The number of fused-ring (bicyclic) bond motifs is 3. The van der Waals surface area contributed by atoms with E-state index in [4.69, 9.17) is 152 Å². The zero-order valence-corrected chi connectivity index (χ0v) is 78.0. The average molecular weight is 1880 g/mol. The maximum Gasteiger partial charge on any atom is 0.305 e. The van der Waals surface area contributed by atoms with Gasteiger partial charge in [0.1, 0.15) is 34.0 Å². The molecule has 36 nitrogen and oxygen atoms in total. The Balaban J connectivity index is 0.987. The van der Waals surface area contributed by atoms with Gasteiger partial charge in [-0.25, -0.2) is 0 Å². The second-order valence-corrected chi connectivity index (χ2v) is 34.4.